The van der Waals surface area contributed by atoms with Crippen LogP contribution in [-0.2, 0) is 20.9 Å². The second-order valence-electron chi connectivity index (χ2n) is 5.87. The van der Waals surface area contributed by atoms with Crippen molar-refractivity contribution in [1.82, 2.24) is 10.2 Å². The Hall–Kier alpha value is -3.10. The molecule has 24 heavy (non-hydrogen) atoms. The molecule has 2 amide bonds. The molecule has 9 nitrogen and oxygen atoms in total. The molecule has 0 aliphatic carbocycles. The molecule has 1 aromatic rings. The number of aliphatic imine (C=N–C) groups is 1. The fourth-order valence-corrected chi connectivity index (χ4v) is 2.64. The molecule has 3 rings (SSSR count). The first-order valence-electron chi connectivity index (χ1n) is 7.24. The summed E-state index contributed by atoms with van der Waals surface area (Å²) in [6.07, 6.45) is -0.578. The van der Waals surface area contributed by atoms with Gasteiger partial charge in [-0.25, -0.2) is 4.99 Å². The van der Waals surface area contributed by atoms with Gasteiger partial charge in [0.25, 0.3) is 5.91 Å². The van der Waals surface area contributed by atoms with E-state index in [-0.39, 0.29) is 18.2 Å². The smallest absolute Gasteiger partial charge is 0.307 e. The summed E-state index contributed by atoms with van der Waals surface area (Å²) in [6, 6.07) is 5.12. The number of hydrogen-bond acceptors (Lipinski definition) is 6. The molecule has 2 aliphatic rings. The van der Waals surface area contributed by atoms with E-state index in [1.54, 1.807) is 17.0 Å². The monoisotopic (exact) mass is 332 g/mol. The zero-order chi connectivity index (χ0) is 17.5. The summed E-state index contributed by atoms with van der Waals surface area (Å²) >= 11 is 0. The lowest BCUT2D eigenvalue weighted by atomic mass is 10.0. The fraction of sp³-hybridized carbons (Fsp3) is 0.333. The third-order valence-corrected chi connectivity index (χ3v) is 3.89. The number of ether oxygens (including phenoxy) is 1. The van der Waals surface area contributed by atoms with Gasteiger partial charge in [0.15, 0.2) is 5.60 Å². The Morgan fingerprint density at radius 2 is 2.21 bits per heavy atom. The van der Waals surface area contributed by atoms with Gasteiger partial charge in [-0.05, 0) is 13.0 Å². The highest BCUT2D eigenvalue weighted by molar-refractivity contribution is 6.06. The molecule has 1 saturated heterocycles. The number of fused-ring (bicyclic) bond motifs is 2. The van der Waals surface area contributed by atoms with Crippen molar-refractivity contribution >= 4 is 29.4 Å². The first kappa shape index (κ1) is 15.8. The number of hydrogen-bond donors (Lipinski definition) is 3. The average Bonchev–Trinajstić information content (AvgIpc) is 2.83. The minimum atomic E-state index is -1.71. The highest BCUT2D eigenvalue weighted by Gasteiger charge is 2.38. The number of benzene rings is 1. The van der Waals surface area contributed by atoms with Crippen LogP contribution >= 0.6 is 0 Å². The number of para-hydroxylation sites is 1. The van der Waals surface area contributed by atoms with Crippen molar-refractivity contribution in [3.63, 3.8) is 0 Å². The maximum absolute atomic E-state index is 11.7. The zero-order valence-electron chi connectivity index (χ0n) is 12.9. The van der Waals surface area contributed by atoms with E-state index in [1.807, 2.05) is 6.07 Å². The number of carboxylic acids is 1. The number of carbonyl (C=O) groups is 3. The molecule has 1 unspecified atom stereocenters. The molecule has 126 valence electrons. The van der Waals surface area contributed by atoms with E-state index in [0.29, 0.717) is 18.2 Å². The summed E-state index contributed by atoms with van der Waals surface area (Å²) in [7, 11) is 0. The van der Waals surface area contributed by atoms with Gasteiger partial charge in [0.2, 0.25) is 11.9 Å². The summed E-state index contributed by atoms with van der Waals surface area (Å²) < 4.78 is 5.65. The molecule has 0 radical (unpaired) electrons. The van der Waals surface area contributed by atoms with E-state index >= 15 is 0 Å². The number of carboxylic acid groups (broad SMARTS) is 1. The van der Waals surface area contributed by atoms with Crippen LogP contribution in [-0.4, -0.2) is 45.9 Å². The SMILES string of the molecule is CC(CC(=O)O)(Oc1cccc2c1N=C1NC(=O)CN1C2)C(N)=O. The molecular weight excluding hydrogens is 316 g/mol. The third kappa shape index (κ3) is 2.75. The second-order valence-corrected chi connectivity index (χ2v) is 5.87. The average molecular weight is 332 g/mol. The van der Waals surface area contributed by atoms with Gasteiger partial charge in [0, 0.05) is 12.1 Å². The summed E-state index contributed by atoms with van der Waals surface area (Å²) in [5.41, 5.74) is 4.86. The van der Waals surface area contributed by atoms with Crippen LogP contribution in [0.2, 0.25) is 0 Å². The Balaban J connectivity index is 1.97. The topological polar surface area (TPSA) is 134 Å². The maximum Gasteiger partial charge on any atom is 0.307 e. The minimum Gasteiger partial charge on any atom is -0.481 e. The number of nitrogens with one attached hydrogen (secondary N) is 1. The highest BCUT2D eigenvalue weighted by Crippen LogP contribution is 2.38. The number of nitrogens with zero attached hydrogens (tertiary/aromatic N) is 2. The van der Waals surface area contributed by atoms with Gasteiger partial charge in [0.05, 0.1) is 6.42 Å². The third-order valence-electron chi connectivity index (χ3n) is 3.89. The molecule has 2 aliphatic heterocycles. The summed E-state index contributed by atoms with van der Waals surface area (Å²) in [5, 5.41) is 11.6. The Labute approximate surface area is 137 Å². The first-order valence-corrected chi connectivity index (χ1v) is 7.24. The first-order chi connectivity index (χ1) is 11.3. The van der Waals surface area contributed by atoms with Crippen LogP contribution in [0, 0.1) is 0 Å². The van der Waals surface area contributed by atoms with Crippen molar-refractivity contribution in [2.45, 2.75) is 25.5 Å². The predicted octanol–water partition coefficient (Wildman–Crippen LogP) is -0.283. The number of primary amides is 1. The van der Waals surface area contributed by atoms with Gasteiger partial charge >= 0.3 is 5.97 Å². The van der Waals surface area contributed by atoms with Crippen LogP contribution in [0.25, 0.3) is 0 Å². The van der Waals surface area contributed by atoms with Crippen LogP contribution in [0.1, 0.15) is 18.9 Å². The van der Waals surface area contributed by atoms with E-state index in [1.165, 1.54) is 6.92 Å². The van der Waals surface area contributed by atoms with Crippen LogP contribution in [0.3, 0.4) is 0 Å². The van der Waals surface area contributed by atoms with Gasteiger partial charge in [-0.2, -0.15) is 0 Å². The summed E-state index contributed by atoms with van der Waals surface area (Å²) in [4.78, 5) is 40.3. The van der Waals surface area contributed by atoms with E-state index < -0.39 is 23.9 Å². The molecule has 0 bridgehead atoms. The summed E-state index contributed by atoms with van der Waals surface area (Å²) in [5.74, 6) is -1.61. The molecule has 4 N–H and O–H groups in total. The number of nitrogens with two attached hydrogens (primary N) is 1. The van der Waals surface area contributed by atoms with Crippen LogP contribution in [0.15, 0.2) is 23.2 Å². The number of carbonyl (C=O) groups excluding carboxylic acids is 2. The number of rotatable bonds is 5. The van der Waals surface area contributed by atoms with Gasteiger partial charge in [-0.15, -0.1) is 0 Å². The number of guanidine groups is 1. The lowest BCUT2D eigenvalue weighted by molar-refractivity contribution is -0.147. The number of aliphatic carboxylic acids is 1. The Kier molecular flexibility index (Phi) is 3.63. The molecule has 1 atom stereocenters. The minimum absolute atomic E-state index is 0.156. The van der Waals surface area contributed by atoms with Crippen molar-refractivity contribution in [1.29, 1.82) is 0 Å². The Morgan fingerprint density at radius 3 is 2.88 bits per heavy atom. The van der Waals surface area contributed by atoms with E-state index in [2.05, 4.69) is 10.3 Å². The molecule has 0 aromatic heterocycles. The molecule has 0 saturated carbocycles. The largest absolute Gasteiger partial charge is 0.481 e. The van der Waals surface area contributed by atoms with Gasteiger partial charge in [0.1, 0.15) is 18.0 Å². The normalized spacial score (nSPS) is 18.0. The number of amides is 2. The second kappa shape index (κ2) is 5.52. The van der Waals surface area contributed by atoms with Crippen molar-refractivity contribution in [3.8, 4) is 5.75 Å². The molecule has 9 heteroatoms. The van der Waals surface area contributed by atoms with Crippen LogP contribution in [0.5, 0.6) is 5.75 Å². The molecule has 0 spiro atoms. The molecule has 1 aromatic carbocycles. The zero-order valence-corrected chi connectivity index (χ0v) is 12.9. The van der Waals surface area contributed by atoms with Crippen LogP contribution in [0.4, 0.5) is 5.69 Å². The lowest BCUT2D eigenvalue weighted by Gasteiger charge is -2.29. The summed E-state index contributed by atoms with van der Waals surface area (Å²) in [6.45, 7) is 2.00. The maximum atomic E-state index is 11.7. The van der Waals surface area contributed by atoms with Crippen molar-refractivity contribution in [2.75, 3.05) is 6.54 Å². The van der Waals surface area contributed by atoms with E-state index in [9.17, 15) is 14.4 Å². The molecule has 2 heterocycles. The standard InChI is InChI=1S/C15H16N4O5/c1-15(13(16)23,5-11(21)22)24-9-4-2-3-8-6-19-7-10(20)17-14(19)18-12(8)9/h2-4H,5-7H2,1H3,(H2,16,23)(H,21,22)(H,17,18,20). The van der Waals surface area contributed by atoms with Gasteiger partial charge in [-0.1, -0.05) is 12.1 Å². The highest BCUT2D eigenvalue weighted by atomic mass is 16.5. The quantitative estimate of drug-likeness (QED) is 0.678. The van der Waals surface area contributed by atoms with Gasteiger partial charge in [-0.3, -0.25) is 19.7 Å². The van der Waals surface area contributed by atoms with Crippen LogP contribution < -0.4 is 15.8 Å². The van der Waals surface area contributed by atoms with Crippen molar-refractivity contribution < 1.29 is 24.2 Å². The lowest BCUT2D eigenvalue weighted by Crippen LogP contribution is -2.48. The Bertz CT molecular complexity index is 775. The van der Waals surface area contributed by atoms with E-state index in [0.717, 1.165) is 5.56 Å². The predicted molar refractivity (Wildman–Crippen MR) is 82.6 cm³/mol. The molecule has 1 fully saturated rings. The fourth-order valence-electron chi connectivity index (χ4n) is 2.64. The van der Waals surface area contributed by atoms with Gasteiger partial charge < -0.3 is 20.5 Å². The Morgan fingerprint density at radius 1 is 1.46 bits per heavy atom. The van der Waals surface area contributed by atoms with Crippen molar-refractivity contribution in [3.05, 3.63) is 23.8 Å². The van der Waals surface area contributed by atoms with Crippen molar-refractivity contribution in [2.24, 2.45) is 10.7 Å². The van der Waals surface area contributed by atoms with E-state index in [4.69, 9.17) is 15.6 Å². The molecular formula is C15H16N4O5.